The minimum Gasteiger partial charge on any atom is -0.453 e. The van der Waals surface area contributed by atoms with E-state index < -0.39 is 17.9 Å². The van der Waals surface area contributed by atoms with Gasteiger partial charge in [0.2, 0.25) is 0 Å². The lowest BCUT2D eigenvalue weighted by Crippen LogP contribution is -2.15. The first-order chi connectivity index (χ1) is 13.7. The largest absolute Gasteiger partial charge is 0.453 e. The van der Waals surface area contributed by atoms with E-state index in [0.717, 1.165) is 17.3 Å². The summed E-state index contributed by atoms with van der Waals surface area (Å²) in [6.07, 6.45) is 5.83. The summed E-state index contributed by atoms with van der Waals surface area (Å²) in [4.78, 5) is 25.1. The third-order valence-corrected chi connectivity index (χ3v) is 4.33. The Morgan fingerprint density at radius 1 is 1.00 bits per heavy atom. The van der Waals surface area contributed by atoms with Gasteiger partial charge in [0, 0.05) is 36.6 Å². The predicted molar refractivity (Wildman–Crippen MR) is 102 cm³/mol. The summed E-state index contributed by atoms with van der Waals surface area (Å²) in [6, 6.07) is 16.2. The molecular weight excluding hydrogens is 357 g/mol. The van der Waals surface area contributed by atoms with Crippen LogP contribution in [0.1, 0.15) is 27.6 Å². The van der Waals surface area contributed by atoms with E-state index in [1.54, 1.807) is 18.5 Å². The molecule has 0 bridgehead atoms. The lowest BCUT2D eigenvalue weighted by molar-refractivity contribution is 0.0299. The molecule has 0 aliphatic heterocycles. The number of halogens is 1. The molecule has 1 atom stereocenters. The Morgan fingerprint density at radius 2 is 1.86 bits per heavy atom. The third-order valence-electron chi connectivity index (χ3n) is 4.33. The van der Waals surface area contributed by atoms with E-state index in [0.29, 0.717) is 17.5 Å². The highest BCUT2D eigenvalue weighted by atomic mass is 19.1. The van der Waals surface area contributed by atoms with Crippen LogP contribution in [0.25, 0.3) is 11.0 Å². The Kier molecular flexibility index (Phi) is 5.01. The predicted octanol–water partition coefficient (Wildman–Crippen LogP) is 4.30. The fraction of sp³-hybridized carbons (Fsp3) is 0.0909. The van der Waals surface area contributed by atoms with Gasteiger partial charge in [-0.2, -0.15) is 0 Å². The van der Waals surface area contributed by atoms with Gasteiger partial charge in [-0.3, -0.25) is 15.0 Å². The minimum absolute atomic E-state index is 0.243. The molecule has 3 heterocycles. The number of aromatic nitrogens is 3. The van der Waals surface area contributed by atoms with E-state index in [1.165, 1.54) is 18.3 Å². The maximum Gasteiger partial charge on any atom is 0.341 e. The zero-order valence-corrected chi connectivity index (χ0v) is 14.8. The van der Waals surface area contributed by atoms with E-state index >= 15 is 0 Å². The number of nitrogens with zero attached hydrogens (tertiary/aromatic N) is 3. The number of benzene rings is 1. The normalized spacial score (nSPS) is 11.9. The van der Waals surface area contributed by atoms with Crippen molar-refractivity contribution in [2.45, 2.75) is 12.5 Å². The number of hydrogen-bond acceptors (Lipinski definition) is 5. The van der Waals surface area contributed by atoms with Gasteiger partial charge in [-0.05, 0) is 17.7 Å². The topological polar surface area (TPSA) is 65.0 Å². The molecule has 0 saturated carbocycles. The second-order valence-corrected chi connectivity index (χ2v) is 6.25. The van der Waals surface area contributed by atoms with Gasteiger partial charge < -0.3 is 4.74 Å². The molecule has 1 aromatic carbocycles. The second-order valence-electron chi connectivity index (χ2n) is 6.25. The molecule has 4 rings (SSSR count). The lowest BCUT2D eigenvalue weighted by atomic mass is 10.0. The highest BCUT2D eigenvalue weighted by molar-refractivity contribution is 6.01. The van der Waals surface area contributed by atoms with Gasteiger partial charge in [0.05, 0.1) is 17.3 Å². The molecule has 1 unspecified atom stereocenters. The van der Waals surface area contributed by atoms with Gasteiger partial charge in [0.15, 0.2) is 0 Å². The number of pyridine rings is 3. The van der Waals surface area contributed by atoms with Crippen molar-refractivity contribution in [3.63, 3.8) is 0 Å². The number of carbonyl (C=O) groups excluding carboxylic acids is 1. The molecule has 0 amide bonds. The maximum atomic E-state index is 13.4. The first kappa shape index (κ1) is 17.7. The van der Waals surface area contributed by atoms with Crippen molar-refractivity contribution in [1.82, 2.24) is 15.0 Å². The molecule has 5 nitrogen and oxygen atoms in total. The highest BCUT2D eigenvalue weighted by Gasteiger charge is 2.21. The van der Waals surface area contributed by atoms with E-state index in [1.807, 2.05) is 36.4 Å². The monoisotopic (exact) mass is 373 g/mol. The number of rotatable bonds is 5. The van der Waals surface area contributed by atoms with Crippen LogP contribution in [0.3, 0.4) is 0 Å². The van der Waals surface area contributed by atoms with Crippen LogP contribution in [-0.2, 0) is 11.2 Å². The lowest BCUT2D eigenvalue weighted by Gasteiger charge is -2.18. The molecule has 0 aliphatic carbocycles. The van der Waals surface area contributed by atoms with E-state index in [2.05, 4.69) is 15.0 Å². The quantitative estimate of drug-likeness (QED) is 0.488. The van der Waals surface area contributed by atoms with Gasteiger partial charge in [0.1, 0.15) is 17.4 Å². The molecule has 3 aromatic heterocycles. The van der Waals surface area contributed by atoms with Gasteiger partial charge in [-0.25, -0.2) is 9.18 Å². The molecule has 0 radical (unpaired) electrons. The van der Waals surface area contributed by atoms with Crippen molar-refractivity contribution in [1.29, 1.82) is 0 Å². The van der Waals surface area contributed by atoms with E-state index in [-0.39, 0.29) is 5.56 Å². The van der Waals surface area contributed by atoms with Gasteiger partial charge >= 0.3 is 5.97 Å². The van der Waals surface area contributed by atoms with Crippen LogP contribution in [-0.4, -0.2) is 20.9 Å². The Labute approximate surface area is 160 Å². The summed E-state index contributed by atoms with van der Waals surface area (Å²) in [5.74, 6) is -1.06. The zero-order chi connectivity index (χ0) is 19.3. The van der Waals surface area contributed by atoms with Crippen molar-refractivity contribution in [2.24, 2.45) is 0 Å². The van der Waals surface area contributed by atoms with Crippen LogP contribution in [0.4, 0.5) is 4.39 Å². The van der Waals surface area contributed by atoms with Crippen LogP contribution in [0.2, 0.25) is 0 Å². The molecule has 138 valence electrons. The van der Waals surface area contributed by atoms with Crippen molar-refractivity contribution in [3.05, 3.63) is 102 Å². The molecule has 4 aromatic rings. The fourth-order valence-corrected chi connectivity index (χ4v) is 2.99. The Hall–Kier alpha value is -3.67. The van der Waals surface area contributed by atoms with Crippen LogP contribution >= 0.6 is 0 Å². The third kappa shape index (κ3) is 3.86. The van der Waals surface area contributed by atoms with Gasteiger partial charge in [-0.15, -0.1) is 0 Å². The summed E-state index contributed by atoms with van der Waals surface area (Å²) in [7, 11) is 0. The van der Waals surface area contributed by atoms with Gasteiger partial charge in [0.25, 0.3) is 0 Å². The van der Waals surface area contributed by atoms with Crippen molar-refractivity contribution in [2.75, 3.05) is 0 Å². The first-order valence-corrected chi connectivity index (χ1v) is 8.76. The number of fused-ring (bicyclic) bond motifs is 1. The molecule has 0 saturated heterocycles. The average molecular weight is 373 g/mol. The van der Waals surface area contributed by atoms with E-state index in [9.17, 15) is 9.18 Å². The van der Waals surface area contributed by atoms with Crippen molar-refractivity contribution >= 4 is 17.0 Å². The minimum atomic E-state index is -0.545. The number of esters is 1. The van der Waals surface area contributed by atoms with Crippen molar-refractivity contribution < 1.29 is 13.9 Å². The molecule has 28 heavy (non-hydrogen) atoms. The summed E-state index contributed by atoms with van der Waals surface area (Å²) < 4.78 is 19.2. The van der Waals surface area contributed by atoms with Gasteiger partial charge in [-0.1, -0.05) is 36.4 Å². The maximum absolute atomic E-state index is 13.4. The van der Waals surface area contributed by atoms with Crippen LogP contribution in [0, 0.1) is 5.82 Å². The first-order valence-electron chi connectivity index (χ1n) is 8.76. The Bertz CT molecular complexity index is 1100. The number of carbonyl (C=O) groups is 1. The molecule has 0 spiro atoms. The number of ether oxygens (including phenoxy) is 1. The molecular formula is C22H16FN3O2. The molecule has 0 fully saturated rings. The van der Waals surface area contributed by atoms with Crippen LogP contribution in [0.15, 0.2) is 79.4 Å². The molecule has 0 aliphatic rings. The summed E-state index contributed by atoms with van der Waals surface area (Å²) in [5, 5.41) is 0. The van der Waals surface area contributed by atoms with Crippen LogP contribution in [0.5, 0.6) is 0 Å². The SMILES string of the molecule is O=C(OC(Cc1ccccc1)c1cccnc1)c1ccnc2cc(F)cnc12. The second kappa shape index (κ2) is 7.92. The molecule has 0 N–H and O–H groups in total. The van der Waals surface area contributed by atoms with E-state index in [4.69, 9.17) is 4.74 Å². The fourth-order valence-electron chi connectivity index (χ4n) is 2.99. The zero-order valence-electron chi connectivity index (χ0n) is 14.8. The summed E-state index contributed by atoms with van der Waals surface area (Å²) in [6.45, 7) is 0. The average Bonchev–Trinajstić information content (AvgIpc) is 2.74. The van der Waals surface area contributed by atoms with Crippen LogP contribution < -0.4 is 0 Å². The smallest absolute Gasteiger partial charge is 0.341 e. The molecule has 6 heteroatoms. The summed E-state index contributed by atoms with van der Waals surface area (Å²) >= 11 is 0. The highest BCUT2D eigenvalue weighted by Crippen LogP contribution is 2.25. The standard InChI is InChI=1S/C22H16FN3O2/c23-17-12-19-21(26-14-17)18(8-10-25-19)22(27)28-20(16-7-4-9-24-13-16)11-15-5-2-1-3-6-15/h1-10,12-14,20H,11H2. The van der Waals surface area contributed by atoms with Crippen molar-refractivity contribution in [3.8, 4) is 0 Å². The Morgan fingerprint density at radius 3 is 2.64 bits per heavy atom. The number of hydrogen-bond donors (Lipinski definition) is 0. The summed E-state index contributed by atoms with van der Waals surface area (Å²) in [5.41, 5.74) is 2.67. The Balaban J connectivity index is 1.66.